The lowest BCUT2D eigenvalue weighted by molar-refractivity contribution is 0.285. The van der Waals surface area contributed by atoms with Gasteiger partial charge in [0.1, 0.15) is 0 Å². The third-order valence-electron chi connectivity index (χ3n) is 5.41. The summed E-state index contributed by atoms with van der Waals surface area (Å²) < 4.78 is 0. The van der Waals surface area contributed by atoms with Gasteiger partial charge in [-0.25, -0.2) is 0 Å². The maximum Gasteiger partial charge on any atom is 0.0406 e. The van der Waals surface area contributed by atoms with E-state index in [2.05, 4.69) is 89.8 Å². The molecule has 0 aromatic heterocycles. The summed E-state index contributed by atoms with van der Waals surface area (Å²) in [4.78, 5) is 2.52. The van der Waals surface area contributed by atoms with E-state index in [0.717, 1.165) is 37.5 Å². The molecule has 1 nitrogen and oxygen atoms in total. The van der Waals surface area contributed by atoms with Crippen LogP contribution in [0, 0.1) is 0 Å². The van der Waals surface area contributed by atoms with Gasteiger partial charge in [0.2, 0.25) is 0 Å². The normalized spacial score (nSPS) is 15.2. The van der Waals surface area contributed by atoms with Crippen molar-refractivity contribution in [1.29, 1.82) is 0 Å². The molecule has 0 saturated heterocycles. The Kier molecular flexibility index (Phi) is 6.61. The second-order valence-corrected chi connectivity index (χ2v) is 8.03. The SMILES string of the molecule is Clc1ccc(/C=C(\CC2=CCN(Cc3ccccc3)CC2)c2ccccc2)cc1. The molecular formula is C27H26ClN. The second-order valence-electron chi connectivity index (χ2n) is 7.60. The van der Waals surface area contributed by atoms with E-state index < -0.39 is 0 Å². The molecule has 0 aliphatic carbocycles. The summed E-state index contributed by atoms with van der Waals surface area (Å²) in [6.07, 6.45) is 6.83. The summed E-state index contributed by atoms with van der Waals surface area (Å²) in [6.45, 7) is 3.16. The highest BCUT2D eigenvalue weighted by atomic mass is 35.5. The summed E-state index contributed by atoms with van der Waals surface area (Å²) in [5.41, 5.74) is 6.75. The van der Waals surface area contributed by atoms with Crippen molar-refractivity contribution >= 4 is 23.3 Å². The number of halogens is 1. The fourth-order valence-electron chi connectivity index (χ4n) is 3.79. The zero-order valence-corrected chi connectivity index (χ0v) is 17.4. The molecule has 1 aliphatic rings. The first kappa shape index (κ1) is 19.7. The lowest BCUT2D eigenvalue weighted by Gasteiger charge is -2.27. The van der Waals surface area contributed by atoms with Crippen LogP contribution in [0.3, 0.4) is 0 Å². The first-order valence-corrected chi connectivity index (χ1v) is 10.6. The molecule has 0 atom stereocenters. The molecule has 146 valence electrons. The summed E-state index contributed by atoms with van der Waals surface area (Å²) in [7, 11) is 0. The molecule has 3 aromatic carbocycles. The average molecular weight is 400 g/mol. The lowest BCUT2D eigenvalue weighted by Crippen LogP contribution is -2.28. The van der Waals surface area contributed by atoms with Gasteiger partial charge >= 0.3 is 0 Å². The quantitative estimate of drug-likeness (QED) is 0.315. The van der Waals surface area contributed by atoms with E-state index in [4.69, 9.17) is 11.6 Å². The maximum absolute atomic E-state index is 6.06. The average Bonchev–Trinajstić information content (AvgIpc) is 2.77. The van der Waals surface area contributed by atoms with Gasteiger partial charge in [-0.3, -0.25) is 4.90 Å². The minimum absolute atomic E-state index is 0.775. The van der Waals surface area contributed by atoms with Gasteiger partial charge in [0, 0.05) is 24.7 Å². The molecule has 0 radical (unpaired) electrons. The molecule has 0 spiro atoms. The van der Waals surface area contributed by atoms with Crippen molar-refractivity contribution in [2.75, 3.05) is 13.1 Å². The fourth-order valence-corrected chi connectivity index (χ4v) is 3.92. The van der Waals surface area contributed by atoms with Gasteiger partial charge in [0.15, 0.2) is 0 Å². The van der Waals surface area contributed by atoms with Crippen LogP contribution in [-0.2, 0) is 6.54 Å². The van der Waals surface area contributed by atoms with E-state index in [1.165, 1.54) is 27.8 Å². The van der Waals surface area contributed by atoms with Crippen LogP contribution in [0.15, 0.2) is 96.6 Å². The smallest absolute Gasteiger partial charge is 0.0406 e. The van der Waals surface area contributed by atoms with E-state index in [9.17, 15) is 0 Å². The number of rotatable bonds is 6. The van der Waals surface area contributed by atoms with Crippen molar-refractivity contribution in [2.24, 2.45) is 0 Å². The third-order valence-corrected chi connectivity index (χ3v) is 5.66. The van der Waals surface area contributed by atoms with Gasteiger partial charge in [-0.15, -0.1) is 0 Å². The van der Waals surface area contributed by atoms with Crippen LogP contribution in [-0.4, -0.2) is 18.0 Å². The molecule has 0 unspecified atom stereocenters. The van der Waals surface area contributed by atoms with Crippen LogP contribution in [0.1, 0.15) is 29.5 Å². The van der Waals surface area contributed by atoms with E-state index in [0.29, 0.717) is 0 Å². The molecule has 3 aromatic rings. The van der Waals surface area contributed by atoms with Crippen molar-refractivity contribution in [3.63, 3.8) is 0 Å². The van der Waals surface area contributed by atoms with Crippen LogP contribution in [0.25, 0.3) is 11.6 Å². The summed E-state index contributed by atoms with van der Waals surface area (Å²) in [6, 6.07) is 29.5. The number of hydrogen-bond acceptors (Lipinski definition) is 1. The van der Waals surface area contributed by atoms with Crippen molar-refractivity contribution in [2.45, 2.75) is 19.4 Å². The fraction of sp³-hybridized carbons (Fsp3) is 0.185. The first-order valence-electron chi connectivity index (χ1n) is 10.2. The number of benzene rings is 3. The van der Waals surface area contributed by atoms with Gasteiger partial charge in [0.05, 0.1) is 0 Å². The number of nitrogens with zero attached hydrogens (tertiary/aromatic N) is 1. The molecule has 0 fully saturated rings. The van der Waals surface area contributed by atoms with Gasteiger partial charge in [-0.05, 0) is 47.2 Å². The molecule has 2 heteroatoms. The van der Waals surface area contributed by atoms with Crippen LogP contribution < -0.4 is 0 Å². The van der Waals surface area contributed by atoms with Gasteiger partial charge in [-0.1, -0.05) is 102 Å². The standard InChI is InChI=1S/C27H26ClN/c28-27-13-11-22(12-14-27)19-26(25-9-5-2-6-10-25)20-23-15-17-29(18-16-23)21-24-7-3-1-4-8-24/h1-15,19H,16-18,20-21H2/b26-19+. The zero-order chi connectivity index (χ0) is 19.9. The van der Waals surface area contributed by atoms with Crippen molar-refractivity contribution in [3.8, 4) is 0 Å². The Morgan fingerprint density at radius 3 is 2.21 bits per heavy atom. The van der Waals surface area contributed by atoms with E-state index in [-0.39, 0.29) is 0 Å². The maximum atomic E-state index is 6.06. The van der Waals surface area contributed by atoms with Gasteiger partial charge < -0.3 is 0 Å². The largest absolute Gasteiger partial charge is 0.295 e. The van der Waals surface area contributed by atoms with Crippen LogP contribution >= 0.6 is 11.6 Å². The molecule has 29 heavy (non-hydrogen) atoms. The summed E-state index contributed by atoms with van der Waals surface area (Å²) in [5, 5.41) is 0.775. The van der Waals surface area contributed by atoms with Crippen molar-refractivity contribution in [3.05, 3.63) is 118 Å². The Hall–Kier alpha value is -2.61. The van der Waals surface area contributed by atoms with Gasteiger partial charge in [0.25, 0.3) is 0 Å². The molecule has 1 heterocycles. The molecule has 0 N–H and O–H groups in total. The van der Waals surface area contributed by atoms with E-state index in [1.807, 2.05) is 12.1 Å². The second kappa shape index (κ2) is 9.73. The first-order chi connectivity index (χ1) is 14.3. The summed E-state index contributed by atoms with van der Waals surface area (Å²) in [5.74, 6) is 0. The Bertz CT molecular complexity index is 972. The molecular weight excluding hydrogens is 374 g/mol. The van der Waals surface area contributed by atoms with Crippen molar-refractivity contribution < 1.29 is 0 Å². The topological polar surface area (TPSA) is 3.24 Å². The van der Waals surface area contributed by atoms with Crippen molar-refractivity contribution in [1.82, 2.24) is 4.90 Å². The highest BCUT2D eigenvalue weighted by molar-refractivity contribution is 6.30. The van der Waals surface area contributed by atoms with E-state index >= 15 is 0 Å². The van der Waals surface area contributed by atoms with E-state index in [1.54, 1.807) is 0 Å². The third kappa shape index (κ3) is 5.69. The number of allylic oxidation sites excluding steroid dienone is 1. The number of hydrogen-bond donors (Lipinski definition) is 0. The Morgan fingerprint density at radius 2 is 1.55 bits per heavy atom. The predicted octanol–water partition coefficient (Wildman–Crippen LogP) is 7.10. The molecule has 0 saturated carbocycles. The molecule has 0 bridgehead atoms. The minimum Gasteiger partial charge on any atom is -0.295 e. The van der Waals surface area contributed by atoms with Gasteiger partial charge in [-0.2, -0.15) is 0 Å². The Morgan fingerprint density at radius 1 is 0.862 bits per heavy atom. The monoisotopic (exact) mass is 399 g/mol. The lowest BCUT2D eigenvalue weighted by atomic mass is 9.93. The summed E-state index contributed by atoms with van der Waals surface area (Å²) >= 11 is 6.06. The van der Waals surface area contributed by atoms with Crippen LogP contribution in [0.5, 0.6) is 0 Å². The Labute approximate surface area is 179 Å². The molecule has 4 rings (SSSR count). The Balaban J connectivity index is 1.49. The minimum atomic E-state index is 0.775. The zero-order valence-electron chi connectivity index (χ0n) is 16.6. The molecule has 0 amide bonds. The highest BCUT2D eigenvalue weighted by Crippen LogP contribution is 2.28. The highest BCUT2D eigenvalue weighted by Gasteiger charge is 2.14. The predicted molar refractivity (Wildman–Crippen MR) is 125 cm³/mol. The van der Waals surface area contributed by atoms with Crippen LogP contribution in [0.4, 0.5) is 0 Å². The van der Waals surface area contributed by atoms with Crippen LogP contribution in [0.2, 0.25) is 5.02 Å². The molecule has 1 aliphatic heterocycles.